The average Bonchev–Trinajstić information content (AvgIpc) is 2.29. The first kappa shape index (κ1) is 15.8. The number of allylic oxidation sites excluding steroid dienone is 1. The lowest BCUT2D eigenvalue weighted by molar-refractivity contribution is 0.0592. The number of benzene rings is 1. The Kier molecular flexibility index (Phi) is 5.20. The summed E-state index contributed by atoms with van der Waals surface area (Å²) in [6.07, 6.45) is -0.426. The van der Waals surface area contributed by atoms with Gasteiger partial charge in [0.2, 0.25) is 0 Å². The molecule has 0 fully saturated rings. The third kappa shape index (κ3) is 4.40. The molecule has 0 saturated carbocycles. The van der Waals surface area contributed by atoms with Gasteiger partial charge >= 0.3 is 6.09 Å². The SMILES string of the molecule is C=C=C(C)N(C(=O)OC(C)(C)C)c1ccccc1I. The molecule has 102 valence electrons. The highest BCUT2D eigenvalue weighted by molar-refractivity contribution is 14.1. The number of nitrogens with zero attached hydrogens (tertiary/aromatic N) is 1. The predicted molar refractivity (Wildman–Crippen MR) is 86.2 cm³/mol. The molecule has 0 N–H and O–H groups in total. The van der Waals surface area contributed by atoms with Crippen LogP contribution in [0.2, 0.25) is 0 Å². The summed E-state index contributed by atoms with van der Waals surface area (Å²) in [5, 5.41) is 0. The molecule has 3 nitrogen and oxygen atoms in total. The fraction of sp³-hybridized carbons (Fsp3) is 0.333. The van der Waals surface area contributed by atoms with Crippen LogP contribution in [0.15, 0.2) is 42.3 Å². The van der Waals surface area contributed by atoms with Crippen molar-refractivity contribution in [3.05, 3.63) is 45.8 Å². The van der Waals surface area contributed by atoms with E-state index in [2.05, 4.69) is 34.9 Å². The van der Waals surface area contributed by atoms with Gasteiger partial charge < -0.3 is 4.74 Å². The highest BCUT2D eigenvalue weighted by Crippen LogP contribution is 2.27. The van der Waals surface area contributed by atoms with Crippen molar-refractivity contribution in [2.75, 3.05) is 4.90 Å². The van der Waals surface area contributed by atoms with E-state index in [1.165, 1.54) is 4.90 Å². The van der Waals surface area contributed by atoms with Crippen LogP contribution in [0.4, 0.5) is 10.5 Å². The van der Waals surface area contributed by atoms with Gasteiger partial charge in [-0.05, 0) is 62.4 Å². The van der Waals surface area contributed by atoms with Crippen molar-refractivity contribution in [2.24, 2.45) is 0 Å². The van der Waals surface area contributed by atoms with E-state index < -0.39 is 11.7 Å². The zero-order valence-corrected chi connectivity index (χ0v) is 13.8. The number of hydrogen-bond acceptors (Lipinski definition) is 2. The zero-order valence-electron chi connectivity index (χ0n) is 11.7. The van der Waals surface area contributed by atoms with E-state index in [4.69, 9.17) is 4.74 Å². The van der Waals surface area contributed by atoms with E-state index in [1.54, 1.807) is 6.92 Å². The summed E-state index contributed by atoms with van der Waals surface area (Å²) < 4.78 is 6.39. The molecule has 0 aliphatic heterocycles. The Hall–Kier alpha value is -1.26. The highest BCUT2D eigenvalue weighted by Gasteiger charge is 2.25. The van der Waals surface area contributed by atoms with E-state index in [0.29, 0.717) is 5.70 Å². The van der Waals surface area contributed by atoms with Crippen molar-refractivity contribution < 1.29 is 9.53 Å². The van der Waals surface area contributed by atoms with Crippen molar-refractivity contribution >= 4 is 34.4 Å². The predicted octanol–water partition coefficient (Wildman–Crippen LogP) is 4.72. The zero-order chi connectivity index (χ0) is 14.6. The lowest BCUT2D eigenvalue weighted by atomic mass is 10.2. The van der Waals surface area contributed by atoms with Gasteiger partial charge in [-0.15, -0.1) is 5.73 Å². The smallest absolute Gasteiger partial charge is 0.419 e. The Bertz CT molecular complexity index is 525. The van der Waals surface area contributed by atoms with Crippen molar-refractivity contribution in [1.82, 2.24) is 0 Å². The second-order valence-electron chi connectivity index (χ2n) is 5.03. The van der Waals surface area contributed by atoms with Crippen LogP contribution in [-0.2, 0) is 4.74 Å². The van der Waals surface area contributed by atoms with Gasteiger partial charge in [0.15, 0.2) is 0 Å². The van der Waals surface area contributed by atoms with E-state index in [0.717, 1.165) is 9.26 Å². The fourth-order valence-corrected chi connectivity index (χ4v) is 2.06. The summed E-state index contributed by atoms with van der Waals surface area (Å²) in [6, 6.07) is 7.60. The Labute approximate surface area is 128 Å². The van der Waals surface area contributed by atoms with Gasteiger partial charge in [-0.3, -0.25) is 0 Å². The summed E-state index contributed by atoms with van der Waals surface area (Å²) in [4.78, 5) is 13.8. The molecule has 0 atom stereocenters. The first-order valence-corrected chi connectivity index (χ1v) is 6.98. The number of carbonyl (C=O) groups excluding carboxylic acids is 1. The topological polar surface area (TPSA) is 29.5 Å². The lowest BCUT2D eigenvalue weighted by Crippen LogP contribution is -2.36. The van der Waals surface area contributed by atoms with E-state index >= 15 is 0 Å². The van der Waals surface area contributed by atoms with Crippen LogP contribution in [-0.4, -0.2) is 11.7 Å². The van der Waals surface area contributed by atoms with Crippen LogP contribution < -0.4 is 4.90 Å². The Morgan fingerprint density at radius 3 is 2.42 bits per heavy atom. The molecule has 0 heterocycles. The van der Waals surface area contributed by atoms with Crippen LogP contribution in [0, 0.1) is 3.57 Å². The minimum absolute atomic E-state index is 0.426. The molecule has 0 aromatic heterocycles. The fourth-order valence-electron chi connectivity index (χ4n) is 1.44. The highest BCUT2D eigenvalue weighted by atomic mass is 127. The molecule has 0 aliphatic rings. The van der Waals surface area contributed by atoms with E-state index in [1.807, 2.05) is 45.0 Å². The van der Waals surface area contributed by atoms with Crippen molar-refractivity contribution in [2.45, 2.75) is 33.3 Å². The molecule has 1 rings (SSSR count). The van der Waals surface area contributed by atoms with Crippen LogP contribution in [0.25, 0.3) is 0 Å². The molecule has 0 spiro atoms. The minimum Gasteiger partial charge on any atom is -0.443 e. The van der Waals surface area contributed by atoms with Crippen molar-refractivity contribution in [3.63, 3.8) is 0 Å². The van der Waals surface area contributed by atoms with Gasteiger partial charge in [-0.25, -0.2) is 9.69 Å². The third-order valence-corrected chi connectivity index (χ3v) is 3.17. The van der Waals surface area contributed by atoms with Gasteiger partial charge in [0, 0.05) is 3.57 Å². The molecular weight excluding hydrogens is 353 g/mol. The minimum atomic E-state index is -0.545. The third-order valence-electron chi connectivity index (χ3n) is 2.26. The Morgan fingerprint density at radius 2 is 1.95 bits per heavy atom. The van der Waals surface area contributed by atoms with Gasteiger partial charge in [-0.1, -0.05) is 18.7 Å². The standard InChI is InChI=1S/C15H18INO2/c1-6-11(2)17(14(18)19-15(3,4)5)13-10-8-7-9-12(13)16/h7-10H,1H2,2-5H3. The Morgan fingerprint density at radius 1 is 1.37 bits per heavy atom. The van der Waals surface area contributed by atoms with Gasteiger partial charge in [-0.2, -0.15) is 0 Å². The second-order valence-corrected chi connectivity index (χ2v) is 6.19. The number of ether oxygens (including phenoxy) is 1. The van der Waals surface area contributed by atoms with E-state index in [-0.39, 0.29) is 0 Å². The molecule has 0 radical (unpaired) electrons. The molecule has 0 saturated heterocycles. The van der Waals surface area contributed by atoms with Gasteiger partial charge in [0.05, 0.1) is 11.4 Å². The normalized spacial score (nSPS) is 10.6. The molecule has 1 aromatic carbocycles. The maximum absolute atomic E-state index is 12.3. The van der Waals surface area contributed by atoms with Crippen LogP contribution in [0.1, 0.15) is 27.7 Å². The molecule has 1 amide bonds. The molecule has 0 aliphatic carbocycles. The van der Waals surface area contributed by atoms with Crippen molar-refractivity contribution in [1.29, 1.82) is 0 Å². The number of halogens is 1. The largest absolute Gasteiger partial charge is 0.443 e. The maximum atomic E-state index is 12.3. The average molecular weight is 371 g/mol. The van der Waals surface area contributed by atoms with Crippen molar-refractivity contribution in [3.8, 4) is 0 Å². The molecule has 19 heavy (non-hydrogen) atoms. The maximum Gasteiger partial charge on any atom is 0.419 e. The Balaban J connectivity index is 3.21. The van der Waals surface area contributed by atoms with Crippen LogP contribution in [0.3, 0.4) is 0 Å². The number of anilines is 1. The number of para-hydroxylation sites is 1. The van der Waals surface area contributed by atoms with Crippen LogP contribution >= 0.6 is 22.6 Å². The number of hydrogen-bond donors (Lipinski definition) is 0. The van der Waals surface area contributed by atoms with E-state index in [9.17, 15) is 4.79 Å². The van der Waals surface area contributed by atoms with Gasteiger partial charge in [0.1, 0.15) is 5.60 Å². The quantitative estimate of drug-likeness (QED) is 0.556. The molecular formula is C15H18INO2. The lowest BCUT2D eigenvalue weighted by Gasteiger charge is -2.27. The van der Waals surface area contributed by atoms with Crippen LogP contribution in [0.5, 0.6) is 0 Å². The molecule has 1 aromatic rings. The monoisotopic (exact) mass is 371 g/mol. The van der Waals surface area contributed by atoms with Gasteiger partial charge in [0.25, 0.3) is 0 Å². The molecule has 0 bridgehead atoms. The summed E-state index contributed by atoms with van der Waals surface area (Å²) >= 11 is 2.18. The summed E-state index contributed by atoms with van der Waals surface area (Å²) in [5.41, 5.74) is 3.58. The number of carbonyl (C=O) groups is 1. The second kappa shape index (κ2) is 6.26. The first-order valence-electron chi connectivity index (χ1n) is 5.90. The number of amides is 1. The molecule has 4 heteroatoms. The first-order chi connectivity index (χ1) is 8.76. The number of rotatable bonds is 2. The summed E-state index contributed by atoms with van der Waals surface area (Å²) in [6.45, 7) is 10.9. The summed E-state index contributed by atoms with van der Waals surface area (Å²) in [5.74, 6) is 0. The summed E-state index contributed by atoms with van der Waals surface area (Å²) in [7, 11) is 0. The molecule has 0 unspecified atom stereocenters.